The zero-order valence-electron chi connectivity index (χ0n) is 13.7. The molecule has 0 saturated heterocycles. The Morgan fingerprint density at radius 1 is 1.27 bits per heavy atom. The van der Waals surface area contributed by atoms with Crippen LogP contribution in [0.2, 0.25) is 5.02 Å². The van der Waals surface area contributed by atoms with Crippen LogP contribution in [0.5, 0.6) is 5.75 Å². The van der Waals surface area contributed by atoms with E-state index in [0.717, 1.165) is 6.07 Å². The Labute approximate surface area is 154 Å². The summed E-state index contributed by atoms with van der Waals surface area (Å²) in [4.78, 5) is 23.6. The second-order valence-corrected chi connectivity index (χ2v) is 5.61. The van der Waals surface area contributed by atoms with Crippen molar-refractivity contribution in [3.05, 3.63) is 58.9 Å². The first-order valence-electron chi connectivity index (χ1n) is 7.47. The third-order valence-corrected chi connectivity index (χ3v) is 3.41. The summed E-state index contributed by atoms with van der Waals surface area (Å²) in [5, 5.41) is 11.2. The predicted octanol–water partition coefficient (Wildman–Crippen LogP) is 3.30. The van der Waals surface area contributed by atoms with Gasteiger partial charge in [0.25, 0.3) is 5.91 Å². The lowest BCUT2D eigenvalue weighted by atomic mass is 10.2. The summed E-state index contributed by atoms with van der Waals surface area (Å²) >= 11 is 5.73. The van der Waals surface area contributed by atoms with Crippen molar-refractivity contribution in [1.82, 2.24) is 0 Å². The van der Waals surface area contributed by atoms with Crippen molar-refractivity contribution >= 4 is 29.2 Å². The molecule has 134 valence electrons. The van der Waals surface area contributed by atoms with E-state index in [4.69, 9.17) is 26.3 Å². The fraction of sp³-hybridized carbons (Fsp3) is 0.167. The molecule has 8 heteroatoms. The van der Waals surface area contributed by atoms with Gasteiger partial charge in [-0.05, 0) is 49.4 Å². The van der Waals surface area contributed by atoms with Crippen molar-refractivity contribution in [3.8, 4) is 11.8 Å². The maximum atomic E-state index is 13.5. The van der Waals surface area contributed by atoms with Crippen LogP contribution < -0.4 is 10.1 Å². The van der Waals surface area contributed by atoms with E-state index in [2.05, 4.69) is 5.32 Å². The highest BCUT2D eigenvalue weighted by molar-refractivity contribution is 6.30. The van der Waals surface area contributed by atoms with Crippen molar-refractivity contribution in [2.24, 2.45) is 0 Å². The van der Waals surface area contributed by atoms with E-state index >= 15 is 0 Å². The summed E-state index contributed by atoms with van der Waals surface area (Å²) in [5.41, 5.74) is 0.345. The number of carbonyl (C=O) groups excluding carboxylic acids is 2. The molecule has 0 bridgehead atoms. The lowest BCUT2D eigenvalue weighted by Gasteiger charge is -2.14. The molecule has 2 aromatic rings. The van der Waals surface area contributed by atoms with Crippen LogP contribution in [0.3, 0.4) is 0 Å². The van der Waals surface area contributed by atoms with Crippen LogP contribution in [-0.4, -0.2) is 24.6 Å². The van der Waals surface area contributed by atoms with Gasteiger partial charge < -0.3 is 14.8 Å². The Kier molecular flexibility index (Phi) is 6.53. The lowest BCUT2D eigenvalue weighted by Crippen LogP contribution is -2.29. The van der Waals surface area contributed by atoms with Gasteiger partial charge in [-0.25, -0.2) is 9.18 Å². The Balaban J connectivity index is 1.83. The molecule has 0 radical (unpaired) electrons. The van der Waals surface area contributed by atoms with Crippen molar-refractivity contribution in [3.63, 3.8) is 0 Å². The van der Waals surface area contributed by atoms with Crippen molar-refractivity contribution in [1.29, 1.82) is 5.26 Å². The number of benzene rings is 2. The monoisotopic (exact) mass is 376 g/mol. The molecule has 0 spiro atoms. The maximum Gasteiger partial charge on any atom is 0.347 e. The molecule has 1 atom stereocenters. The molecule has 0 saturated carbocycles. The second kappa shape index (κ2) is 8.83. The SMILES string of the molecule is C[C@@H](Oc1ccc(C#N)cc1)C(=O)OCC(=O)Nc1cc(Cl)ccc1F. The van der Waals surface area contributed by atoms with Crippen LogP contribution in [0.4, 0.5) is 10.1 Å². The van der Waals surface area contributed by atoms with E-state index in [1.807, 2.05) is 6.07 Å². The van der Waals surface area contributed by atoms with Gasteiger partial charge in [0.2, 0.25) is 0 Å². The number of nitriles is 1. The first kappa shape index (κ1) is 19.2. The minimum atomic E-state index is -0.973. The topological polar surface area (TPSA) is 88.4 Å². The summed E-state index contributed by atoms with van der Waals surface area (Å²) < 4.78 is 23.7. The molecule has 0 aliphatic rings. The highest BCUT2D eigenvalue weighted by Gasteiger charge is 2.18. The van der Waals surface area contributed by atoms with Crippen LogP contribution >= 0.6 is 11.6 Å². The van der Waals surface area contributed by atoms with E-state index in [9.17, 15) is 14.0 Å². The standard InChI is InChI=1S/C18H14ClFN2O4/c1-11(26-14-5-2-12(9-21)3-6-14)18(24)25-10-17(23)22-16-8-13(19)4-7-15(16)20/h2-8,11H,10H2,1H3,(H,22,23)/t11-/m1/s1. The number of amides is 1. The number of esters is 1. The number of hydrogen-bond acceptors (Lipinski definition) is 5. The maximum absolute atomic E-state index is 13.5. The minimum absolute atomic E-state index is 0.111. The van der Waals surface area contributed by atoms with Crippen LogP contribution in [0.1, 0.15) is 12.5 Å². The molecule has 0 unspecified atom stereocenters. The third kappa shape index (κ3) is 5.46. The Hall–Kier alpha value is -3.11. The van der Waals surface area contributed by atoms with Crippen LogP contribution in [-0.2, 0) is 14.3 Å². The molecule has 0 aliphatic carbocycles. The quantitative estimate of drug-likeness (QED) is 0.781. The number of carbonyl (C=O) groups is 2. The van der Waals surface area contributed by atoms with Gasteiger partial charge >= 0.3 is 5.97 Å². The largest absolute Gasteiger partial charge is 0.479 e. The number of nitrogens with zero attached hydrogens (tertiary/aromatic N) is 1. The van der Waals surface area contributed by atoms with E-state index in [-0.39, 0.29) is 10.7 Å². The van der Waals surface area contributed by atoms with Gasteiger partial charge in [0.15, 0.2) is 12.7 Å². The van der Waals surface area contributed by atoms with Crippen LogP contribution in [0.25, 0.3) is 0 Å². The molecule has 0 fully saturated rings. The molecule has 1 amide bonds. The Morgan fingerprint density at radius 3 is 2.62 bits per heavy atom. The molecule has 2 aromatic carbocycles. The fourth-order valence-electron chi connectivity index (χ4n) is 1.89. The number of anilines is 1. The number of halogens is 2. The number of hydrogen-bond donors (Lipinski definition) is 1. The summed E-state index contributed by atoms with van der Waals surface area (Å²) in [6, 6.07) is 11.8. The normalized spacial score (nSPS) is 11.2. The van der Waals surface area contributed by atoms with E-state index in [1.54, 1.807) is 12.1 Å². The highest BCUT2D eigenvalue weighted by Crippen LogP contribution is 2.19. The van der Waals surface area contributed by atoms with E-state index in [0.29, 0.717) is 11.3 Å². The minimum Gasteiger partial charge on any atom is -0.479 e. The second-order valence-electron chi connectivity index (χ2n) is 5.18. The van der Waals surface area contributed by atoms with E-state index in [1.165, 1.54) is 31.2 Å². The first-order chi connectivity index (χ1) is 12.4. The smallest absolute Gasteiger partial charge is 0.347 e. The molecule has 1 N–H and O–H groups in total. The average molecular weight is 377 g/mol. The molecule has 0 aromatic heterocycles. The molecular formula is C18H14ClFN2O4. The van der Waals surface area contributed by atoms with Gasteiger partial charge in [-0.1, -0.05) is 11.6 Å². The van der Waals surface area contributed by atoms with Crippen molar-refractivity contribution in [2.75, 3.05) is 11.9 Å². The number of ether oxygens (including phenoxy) is 2. The third-order valence-electron chi connectivity index (χ3n) is 3.18. The zero-order valence-corrected chi connectivity index (χ0v) is 14.4. The van der Waals surface area contributed by atoms with Gasteiger partial charge in [-0.15, -0.1) is 0 Å². The number of rotatable bonds is 6. The van der Waals surface area contributed by atoms with Gasteiger partial charge in [-0.3, -0.25) is 4.79 Å². The fourth-order valence-corrected chi connectivity index (χ4v) is 2.07. The van der Waals surface area contributed by atoms with Crippen molar-refractivity contribution in [2.45, 2.75) is 13.0 Å². The molecule has 2 rings (SSSR count). The summed E-state index contributed by atoms with van der Waals surface area (Å²) in [6.07, 6.45) is -0.973. The summed E-state index contributed by atoms with van der Waals surface area (Å²) in [7, 11) is 0. The lowest BCUT2D eigenvalue weighted by molar-refractivity contribution is -0.153. The van der Waals surface area contributed by atoms with Gasteiger partial charge in [-0.2, -0.15) is 5.26 Å². The highest BCUT2D eigenvalue weighted by atomic mass is 35.5. The van der Waals surface area contributed by atoms with E-state index < -0.39 is 30.4 Å². The van der Waals surface area contributed by atoms with Crippen LogP contribution in [0.15, 0.2) is 42.5 Å². The van der Waals surface area contributed by atoms with Gasteiger partial charge in [0, 0.05) is 5.02 Å². The zero-order chi connectivity index (χ0) is 19.1. The average Bonchev–Trinajstić information content (AvgIpc) is 2.63. The Morgan fingerprint density at radius 2 is 1.96 bits per heavy atom. The molecular weight excluding hydrogens is 363 g/mol. The summed E-state index contributed by atoms with van der Waals surface area (Å²) in [6.45, 7) is 0.848. The van der Waals surface area contributed by atoms with Crippen LogP contribution in [0, 0.1) is 17.1 Å². The van der Waals surface area contributed by atoms with Gasteiger partial charge in [0.1, 0.15) is 11.6 Å². The summed E-state index contributed by atoms with van der Waals surface area (Å²) in [5.74, 6) is -1.77. The molecule has 26 heavy (non-hydrogen) atoms. The molecule has 6 nitrogen and oxygen atoms in total. The molecule has 0 aliphatic heterocycles. The number of nitrogens with one attached hydrogen (secondary N) is 1. The predicted molar refractivity (Wildman–Crippen MR) is 92.2 cm³/mol. The first-order valence-corrected chi connectivity index (χ1v) is 7.85. The van der Waals surface area contributed by atoms with Crippen molar-refractivity contribution < 1.29 is 23.5 Å². The molecule has 0 heterocycles. The Bertz CT molecular complexity index is 849. The van der Waals surface area contributed by atoms with Gasteiger partial charge in [0.05, 0.1) is 17.3 Å².